The van der Waals surface area contributed by atoms with E-state index in [1.165, 1.54) is 5.56 Å². The third-order valence-corrected chi connectivity index (χ3v) is 4.46. The van der Waals surface area contributed by atoms with E-state index in [-0.39, 0.29) is 0 Å². The second-order valence-corrected chi connectivity index (χ2v) is 7.60. The fourth-order valence-corrected chi connectivity index (χ4v) is 2.91. The number of hydrogen-bond acceptors (Lipinski definition) is 5. The largest absolute Gasteiger partial charge is 0.490 e. The van der Waals surface area contributed by atoms with Crippen LogP contribution in [0.15, 0.2) is 61.3 Å². The third kappa shape index (κ3) is 6.31. The first kappa shape index (κ1) is 23.8. The summed E-state index contributed by atoms with van der Waals surface area (Å²) in [5.74, 6) is -1.40. The van der Waals surface area contributed by atoms with Gasteiger partial charge in [0.25, 0.3) is 0 Å². The fraction of sp³-hybridized carbons (Fsp3) is 0.273. The van der Waals surface area contributed by atoms with Gasteiger partial charge >= 0.3 is 12.1 Å². The van der Waals surface area contributed by atoms with Crippen LogP contribution in [0.2, 0.25) is 0 Å². The third-order valence-electron chi connectivity index (χ3n) is 4.46. The summed E-state index contributed by atoms with van der Waals surface area (Å²) in [6, 6.07) is 10.3. The van der Waals surface area contributed by atoms with Crippen LogP contribution >= 0.6 is 0 Å². The number of aromatic nitrogens is 5. The van der Waals surface area contributed by atoms with E-state index in [0.717, 1.165) is 35.8 Å². The van der Waals surface area contributed by atoms with Gasteiger partial charge in [-0.3, -0.25) is 9.08 Å². The Balaban J connectivity index is 0.000000383. The van der Waals surface area contributed by atoms with Crippen molar-refractivity contribution in [3.63, 3.8) is 0 Å². The lowest BCUT2D eigenvalue weighted by atomic mass is 10.2. The monoisotopic (exact) mass is 460 g/mol. The van der Waals surface area contributed by atoms with E-state index < -0.39 is 12.1 Å². The van der Waals surface area contributed by atoms with E-state index in [1.807, 2.05) is 47.7 Å². The summed E-state index contributed by atoms with van der Waals surface area (Å²) >= 11 is 0. The Hall–Kier alpha value is -3.89. The standard InChI is InChI=1S/C20H22N6.C2HF3O2/c1-15(2)10-22-19-20-21-8-9-26(20)18(12-23-19)17-11-24-25(14-17)13-16-6-4-3-5-7-16;3-2(4,5)1(6)7/h3-9,11-12,14-15H,10,13H2,1-2H3,(H,22,23);(H,6,7). The molecule has 3 aromatic heterocycles. The van der Waals surface area contributed by atoms with Crippen LogP contribution in [0.4, 0.5) is 19.0 Å². The number of anilines is 1. The van der Waals surface area contributed by atoms with Crippen LogP contribution in [0, 0.1) is 5.92 Å². The van der Waals surface area contributed by atoms with Gasteiger partial charge in [-0.2, -0.15) is 18.3 Å². The molecule has 0 atom stereocenters. The van der Waals surface area contributed by atoms with Crippen LogP contribution in [0.25, 0.3) is 16.9 Å². The van der Waals surface area contributed by atoms with Crippen molar-refractivity contribution >= 4 is 17.4 Å². The number of carbonyl (C=O) groups is 1. The van der Waals surface area contributed by atoms with E-state index in [1.54, 1.807) is 6.20 Å². The van der Waals surface area contributed by atoms with E-state index in [2.05, 4.69) is 50.8 Å². The molecule has 0 radical (unpaired) electrons. The molecule has 33 heavy (non-hydrogen) atoms. The highest BCUT2D eigenvalue weighted by molar-refractivity contribution is 5.73. The van der Waals surface area contributed by atoms with Crippen molar-refractivity contribution in [3.8, 4) is 11.3 Å². The van der Waals surface area contributed by atoms with Crippen LogP contribution in [-0.2, 0) is 11.3 Å². The van der Waals surface area contributed by atoms with Gasteiger partial charge in [0.1, 0.15) is 0 Å². The average Bonchev–Trinajstić information content (AvgIpc) is 3.42. The molecule has 0 bridgehead atoms. The Morgan fingerprint density at radius 1 is 1.15 bits per heavy atom. The molecular weight excluding hydrogens is 437 g/mol. The number of alkyl halides is 3. The topological polar surface area (TPSA) is 97.3 Å². The summed E-state index contributed by atoms with van der Waals surface area (Å²) in [6.45, 7) is 5.95. The number of nitrogens with one attached hydrogen (secondary N) is 1. The lowest BCUT2D eigenvalue weighted by Gasteiger charge is -2.11. The van der Waals surface area contributed by atoms with Crippen LogP contribution in [0.5, 0.6) is 0 Å². The van der Waals surface area contributed by atoms with Gasteiger partial charge in [-0.1, -0.05) is 44.2 Å². The number of fused-ring (bicyclic) bond motifs is 1. The van der Waals surface area contributed by atoms with Crippen molar-refractivity contribution in [2.24, 2.45) is 5.92 Å². The summed E-state index contributed by atoms with van der Waals surface area (Å²) in [4.78, 5) is 18.0. The number of aliphatic carboxylic acids is 1. The Bertz CT molecular complexity index is 1200. The van der Waals surface area contributed by atoms with Crippen molar-refractivity contribution < 1.29 is 23.1 Å². The van der Waals surface area contributed by atoms with Crippen molar-refractivity contribution in [2.45, 2.75) is 26.6 Å². The molecule has 174 valence electrons. The molecule has 4 rings (SSSR count). The SMILES string of the molecule is CC(C)CNc1ncc(-c2cnn(Cc3ccccc3)c2)n2ccnc12.O=C(O)C(F)(F)F. The summed E-state index contributed by atoms with van der Waals surface area (Å²) in [7, 11) is 0. The molecule has 0 saturated heterocycles. The van der Waals surface area contributed by atoms with Crippen LogP contribution in [0.3, 0.4) is 0 Å². The molecule has 11 heteroatoms. The van der Waals surface area contributed by atoms with Gasteiger partial charge < -0.3 is 10.4 Å². The first-order valence-electron chi connectivity index (χ1n) is 10.1. The minimum atomic E-state index is -5.08. The van der Waals surface area contributed by atoms with Gasteiger partial charge in [-0.25, -0.2) is 14.8 Å². The molecule has 0 saturated carbocycles. The molecule has 0 unspecified atom stereocenters. The summed E-state index contributed by atoms with van der Waals surface area (Å²) in [6.07, 6.45) is 4.48. The predicted octanol–water partition coefficient (Wildman–Crippen LogP) is 4.34. The molecule has 0 fully saturated rings. The van der Waals surface area contributed by atoms with Crippen LogP contribution in [0.1, 0.15) is 19.4 Å². The molecule has 0 aliphatic carbocycles. The van der Waals surface area contributed by atoms with Crippen molar-refractivity contribution in [1.29, 1.82) is 0 Å². The Kier molecular flexibility index (Phi) is 7.31. The van der Waals surface area contributed by atoms with Gasteiger partial charge in [-0.15, -0.1) is 0 Å². The second kappa shape index (κ2) is 10.2. The molecule has 8 nitrogen and oxygen atoms in total. The summed E-state index contributed by atoms with van der Waals surface area (Å²) in [5.41, 5.74) is 4.05. The molecule has 1 aromatic carbocycles. The number of nitrogens with zero attached hydrogens (tertiary/aromatic N) is 5. The molecule has 0 aliphatic rings. The maximum atomic E-state index is 10.6. The second-order valence-electron chi connectivity index (χ2n) is 7.60. The first-order valence-corrected chi connectivity index (χ1v) is 10.1. The van der Waals surface area contributed by atoms with E-state index >= 15 is 0 Å². The zero-order chi connectivity index (χ0) is 24.0. The highest BCUT2D eigenvalue weighted by Gasteiger charge is 2.38. The molecule has 3 heterocycles. The smallest absolute Gasteiger partial charge is 0.475 e. The Morgan fingerprint density at radius 3 is 2.48 bits per heavy atom. The normalized spacial score (nSPS) is 11.3. The lowest BCUT2D eigenvalue weighted by Crippen LogP contribution is -2.21. The fourth-order valence-electron chi connectivity index (χ4n) is 2.91. The van der Waals surface area contributed by atoms with Crippen LogP contribution < -0.4 is 5.32 Å². The Morgan fingerprint density at radius 2 is 1.85 bits per heavy atom. The van der Waals surface area contributed by atoms with E-state index in [0.29, 0.717) is 5.92 Å². The van der Waals surface area contributed by atoms with Gasteiger partial charge in [0, 0.05) is 30.7 Å². The first-order chi connectivity index (χ1) is 15.6. The van der Waals surface area contributed by atoms with Gasteiger partial charge in [-0.05, 0) is 11.5 Å². The molecule has 0 aliphatic heterocycles. The Labute approximate surface area is 187 Å². The maximum Gasteiger partial charge on any atom is 0.490 e. The maximum absolute atomic E-state index is 10.6. The van der Waals surface area contributed by atoms with Crippen molar-refractivity contribution in [1.82, 2.24) is 24.1 Å². The zero-order valence-corrected chi connectivity index (χ0v) is 18.0. The molecular formula is C22H23F3N6O2. The number of rotatable bonds is 6. The highest BCUT2D eigenvalue weighted by Crippen LogP contribution is 2.23. The number of benzene rings is 1. The number of hydrogen-bond donors (Lipinski definition) is 2. The molecule has 4 aromatic rings. The number of carboxylic acids is 1. The molecule has 2 N–H and O–H groups in total. The van der Waals surface area contributed by atoms with Crippen molar-refractivity contribution in [3.05, 3.63) is 66.9 Å². The van der Waals surface area contributed by atoms with E-state index in [4.69, 9.17) is 9.90 Å². The number of halogens is 3. The zero-order valence-electron chi connectivity index (χ0n) is 18.0. The van der Waals surface area contributed by atoms with Crippen LogP contribution in [-0.4, -0.2) is 47.9 Å². The molecule has 0 spiro atoms. The minimum absolute atomic E-state index is 0.544. The summed E-state index contributed by atoms with van der Waals surface area (Å²) in [5, 5.41) is 15.0. The van der Waals surface area contributed by atoms with E-state index in [9.17, 15) is 13.2 Å². The minimum Gasteiger partial charge on any atom is -0.475 e. The van der Waals surface area contributed by atoms with Gasteiger partial charge in [0.15, 0.2) is 11.5 Å². The summed E-state index contributed by atoms with van der Waals surface area (Å²) < 4.78 is 35.7. The highest BCUT2D eigenvalue weighted by atomic mass is 19.4. The quantitative estimate of drug-likeness (QED) is 0.444. The number of carboxylic acid groups (broad SMARTS) is 1. The molecule has 0 amide bonds. The lowest BCUT2D eigenvalue weighted by molar-refractivity contribution is -0.192. The van der Waals surface area contributed by atoms with Gasteiger partial charge in [0.05, 0.1) is 24.6 Å². The van der Waals surface area contributed by atoms with Gasteiger partial charge in [0.2, 0.25) is 0 Å². The van der Waals surface area contributed by atoms with Crippen molar-refractivity contribution in [2.75, 3.05) is 11.9 Å². The number of imidazole rings is 1. The average molecular weight is 460 g/mol. The predicted molar refractivity (Wildman–Crippen MR) is 117 cm³/mol.